The van der Waals surface area contributed by atoms with Gasteiger partial charge in [0.1, 0.15) is 4.83 Å². The Morgan fingerprint density at radius 3 is 3.29 bits per heavy atom. The van der Waals surface area contributed by atoms with Crippen molar-refractivity contribution in [1.29, 1.82) is 0 Å². The van der Waals surface area contributed by atoms with Gasteiger partial charge in [-0.1, -0.05) is 0 Å². The van der Waals surface area contributed by atoms with Gasteiger partial charge in [0.05, 0.1) is 12.2 Å². The van der Waals surface area contributed by atoms with Crippen LogP contribution in [0.2, 0.25) is 0 Å². The molecule has 1 amide bonds. The van der Waals surface area contributed by atoms with E-state index in [-0.39, 0.29) is 12.5 Å². The molecule has 0 saturated heterocycles. The van der Waals surface area contributed by atoms with Crippen LogP contribution in [-0.2, 0) is 4.79 Å². The van der Waals surface area contributed by atoms with E-state index in [0.717, 1.165) is 15.9 Å². The van der Waals surface area contributed by atoms with Gasteiger partial charge in [0.2, 0.25) is 5.91 Å². The average molecular weight is 207 g/mol. The molecule has 2 rings (SSSR count). The smallest absolute Gasteiger partial charge is 0.238 e. The van der Waals surface area contributed by atoms with E-state index in [1.165, 1.54) is 11.3 Å². The number of carbonyl (C=O) groups is 1. The molecule has 0 unspecified atom stereocenters. The minimum atomic E-state index is -0.187. The molecule has 0 bridgehead atoms. The van der Waals surface area contributed by atoms with Gasteiger partial charge >= 0.3 is 0 Å². The van der Waals surface area contributed by atoms with Crippen LogP contribution in [0.1, 0.15) is 0 Å². The topological polar surface area (TPSA) is 68.0 Å². The van der Waals surface area contributed by atoms with E-state index in [9.17, 15) is 4.79 Å². The highest BCUT2D eigenvalue weighted by Crippen LogP contribution is 2.27. The Kier molecular flexibility index (Phi) is 2.43. The number of pyridine rings is 1. The molecular formula is C9H9N3OS. The Hall–Kier alpha value is -1.46. The van der Waals surface area contributed by atoms with Gasteiger partial charge in [0.25, 0.3) is 0 Å². The zero-order chi connectivity index (χ0) is 9.97. The van der Waals surface area contributed by atoms with Gasteiger partial charge in [-0.15, -0.1) is 11.3 Å². The number of carbonyl (C=O) groups excluding carboxylic acids is 1. The van der Waals surface area contributed by atoms with E-state index in [4.69, 9.17) is 5.73 Å². The number of amides is 1. The zero-order valence-electron chi connectivity index (χ0n) is 7.36. The lowest BCUT2D eigenvalue weighted by Gasteiger charge is -2.00. The molecule has 0 aliphatic carbocycles. The molecule has 72 valence electrons. The summed E-state index contributed by atoms with van der Waals surface area (Å²) in [5, 5.41) is 5.55. The SMILES string of the molecule is NCC(=O)Nc1csc2ncccc12. The van der Waals surface area contributed by atoms with Crippen molar-refractivity contribution in [3.05, 3.63) is 23.7 Å². The number of nitrogens with zero attached hydrogens (tertiary/aromatic N) is 1. The number of anilines is 1. The van der Waals surface area contributed by atoms with Gasteiger partial charge < -0.3 is 11.1 Å². The zero-order valence-corrected chi connectivity index (χ0v) is 8.17. The van der Waals surface area contributed by atoms with Gasteiger partial charge in [-0.2, -0.15) is 0 Å². The summed E-state index contributed by atoms with van der Waals surface area (Å²) in [5.41, 5.74) is 5.99. The third kappa shape index (κ3) is 1.59. The second kappa shape index (κ2) is 3.73. The number of hydrogen-bond donors (Lipinski definition) is 2. The minimum absolute atomic E-state index is 0.00238. The van der Waals surface area contributed by atoms with Crippen LogP contribution >= 0.6 is 11.3 Å². The Labute approximate surface area is 84.8 Å². The summed E-state index contributed by atoms with van der Waals surface area (Å²) in [6.45, 7) is -0.00238. The maximum Gasteiger partial charge on any atom is 0.238 e. The molecule has 0 spiro atoms. The molecule has 5 heteroatoms. The van der Waals surface area contributed by atoms with Crippen molar-refractivity contribution < 1.29 is 4.79 Å². The van der Waals surface area contributed by atoms with Crippen molar-refractivity contribution in [3.63, 3.8) is 0 Å². The molecule has 0 aliphatic heterocycles. The van der Waals surface area contributed by atoms with Crippen LogP contribution in [0.4, 0.5) is 5.69 Å². The van der Waals surface area contributed by atoms with E-state index >= 15 is 0 Å². The lowest BCUT2D eigenvalue weighted by molar-refractivity contribution is -0.114. The number of fused-ring (bicyclic) bond motifs is 1. The van der Waals surface area contributed by atoms with Crippen LogP contribution in [-0.4, -0.2) is 17.4 Å². The van der Waals surface area contributed by atoms with Crippen LogP contribution < -0.4 is 11.1 Å². The monoisotopic (exact) mass is 207 g/mol. The number of thiophene rings is 1. The van der Waals surface area contributed by atoms with Crippen molar-refractivity contribution >= 4 is 33.1 Å². The summed E-state index contributed by atoms with van der Waals surface area (Å²) in [6, 6.07) is 3.76. The first kappa shape index (κ1) is 9.11. The van der Waals surface area contributed by atoms with Crippen LogP contribution in [0.15, 0.2) is 23.7 Å². The molecule has 2 heterocycles. The Balaban J connectivity index is 2.38. The molecular weight excluding hydrogens is 198 g/mol. The fourth-order valence-corrected chi connectivity index (χ4v) is 2.01. The van der Waals surface area contributed by atoms with Gasteiger partial charge in [0.15, 0.2) is 0 Å². The third-order valence-corrected chi connectivity index (χ3v) is 2.71. The second-order valence-corrected chi connectivity index (χ2v) is 3.62. The van der Waals surface area contributed by atoms with Crippen molar-refractivity contribution in [3.8, 4) is 0 Å². The van der Waals surface area contributed by atoms with E-state index in [1.54, 1.807) is 6.20 Å². The summed E-state index contributed by atoms with van der Waals surface area (Å²) >= 11 is 1.50. The summed E-state index contributed by atoms with van der Waals surface area (Å²) in [7, 11) is 0. The van der Waals surface area contributed by atoms with E-state index in [0.29, 0.717) is 0 Å². The van der Waals surface area contributed by atoms with Crippen LogP contribution in [0.5, 0.6) is 0 Å². The maximum atomic E-state index is 11.1. The molecule has 2 aromatic rings. The number of aromatic nitrogens is 1. The van der Waals surface area contributed by atoms with Crippen LogP contribution in [0.25, 0.3) is 10.2 Å². The standard InChI is InChI=1S/C9H9N3OS/c10-4-8(13)12-7-5-14-9-6(7)2-1-3-11-9/h1-3,5H,4,10H2,(H,12,13). The second-order valence-electron chi connectivity index (χ2n) is 2.76. The maximum absolute atomic E-state index is 11.1. The molecule has 0 aliphatic rings. The third-order valence-electron chi connectivity index (χ3n) is 1.81. The van der Waals surface area contributed by atoms with Crippen molar-refractivity contribution in [2.75, 3.05) is 11.9 Å². The normalized spacial score (nSPS) is 10.4. The van der Waals surface area contributed by atoms with Gasteiger partial charge in [0, 0.05) is 17.0 Å². The average Bonchev–Trinajstić information content (AvgIpc) is 2.62. The minimum Gasteiger partial charge on any atom is -0.324 e. The highest BCUT2D eigenvalue weighted by atomic mass is 32.1. The number of rotatable bonds is 2. The lowest BCUT2D eigenvalue weighted by Crippen LogP contribution is -2.21. The fourth-order valence-electron chi connectivity index (χ4n) is 1.17. The van der Waals surface area contributed by atoms with Crippen molar-refractivity contribution in [1.82, 2.24) is 4.98 Å². The molecule has 3 N–H and O–H groups in total. The van der Waals surface area contributed by atoms with E-state index in [2.05, 4.69) is 10.3 Å². The largest absolute Gasteiger partial charge is 0.324 e. The highest BCUT2D eigenvalue weighted by Gasteiger charge is 2.06. The number of nitrogens with one attached hydrogen (secondary N) is 1. The first-order chi connectivity index (χ1) is 6.81. The van der Waals surface area contributed by atoms with Crippen LogP contribution in [0, 0.1) is 0 Å². The first-order valence-electron chi connectivity index (χ1n) is 4.13. The molecule has 0 aromatic carbocycles. The quantitative estimate of drug-likeness (QED) is 0.777. The molecule has 0 fully saturated rings. The Bertz CT molecular complexity index is 466. The van der Waals surface area contributed by atoms with Crippen LogP contribution in [0.3, 0.4) is 0 Å². The summed E-state index contributed by atoms with van der Waals surface area (Å²) in [5.74, 6) is -0.187. The first-order valence-corrected chi connectivity index (χ1v) is 5.01. The Morgan fingerprint density at radius 2 is 2.50 bits per heavy atom. The predicted molar refractivity (Wildman–Crippen MR) is 57.3 cm³/mol. The van der Waals surface area contributed by atoms with E-state index < -0.39 is 0 Å². The fraction of sp³-hybridized carbons (Fsp3) is 0.111. The van der Waals surface area contributed by atoms with Gasteiger partial charge in [-0.25, -0.2) is 4.98 Å². The summed E-state index contributed by atoms with van der Waals surface area (Å²) < 4.78 is 0. The molecule has 0 saturated carbocycles. The van der Waals surface area contributed by atoms with Crippen molar-refractivity contribution in [2.45, 2.75) is 0 Å². The molecule has 0 radical (unpaired) electrons. The number of hydrogen-bond acceptors (Lipinski definition) is 4. The predicted octanol–water partition coefficient (Wildman–Crippen LogP) is 1.19. The number of nitrogens with two attached hydrogens (primary N) is 1. The summed E-state index contributed by atoms with van der Waals surface area (Å²) in [6.07, 6.45) is 1.73. The molecule has 4 nitrogen and oxygen atoms in total. The summed E-state index contributed by atoms with van der Waals surface area (Å²) in [4.78, 5) is 16.2. The lowest BCUT2D eigenvalue weighted by atomic mass is 10.3. The Morgan fingerprint density at radius 1 is 1.64 bits per heavy atom. The van der Waals surface area contributed by atoms with E-state index in [1.807, 2.05) is 17.5 Å². The highest BCUT2D eigenvalue weighted by molar-refractivity contribution is 7.17. The van der Waals surface area contributed by atoms with Gasteiger partial charge in [-0.3, -0.25) is 4.79 Å². The molecule has 2 aromatic heterocycles. The molecule has 14 heavy (non-hydrogen) atoms. The molecule has 0 atom stereocenters. The van der Waals surface area contributed by atoms with Crippen molar-refractivity contribution in [2.24, 2.45) is 5.73 Å². The van der Waals surface area contributed by atoms with Gasteiger partial charge in [-0.05, 0) is 12.1 Å².